The first-order valence-electron chi connectivity index (χ1n) is 7.85. The lowest BCUT2D eigenvalue weighted by Crippen LogP contribution is -2.29. The van der Waals surface area contributed by atoms with Gasteiger partial charge in [-0.25, -0.2) is 4.79 Å². The van der Waals surface area contributed by atoms with Crippen LogP contribution in [-0.4, -0.2) is 35.7 Å². The molecule has 138 valence electrons. The normalized spacial score (nSPS) is 10.6. The van der Waals surface area contributed by atoms with E-state index in [1.54, 1.807) is 36.4 Å². The zero-order valence-electron chi connectivity index (χ0n) is 14.2. The predicted molar refractivity (Wildman–Crippen MR) is 96.1 cm³/mol. The standard InChI is InChI=1S/C19H15NO7/c1-26-11-7-5-10(6-8-11)12-3-2-4-13-15(12)16(19(25)27-18(13)24)17(23)20-9-14(21)22/h2-8,25H,9H2,1H3,(H,20,23)(H,21,22). The molecule has 0 aliphatic rings. The summed E-state index contributed by atoms with van der Waals surface area (Å²) in [5.74, 6) is -2.37. The van der Waals surface area contributed by atoms with Crippen molar-refractivity contribution >= 4 is 22.6 Å². The molecular weight excluding hydrogens is 354 g/mol. The predicted octanol–water partition coefficient (Wildman–Crippen LogP) is 1.99. The summed E-state index contributed by atoms with van der Waals surface area (Å²) in [6, 6.07) is 11.6. The highest BCUT2D eigenvalue weighted by molar-refractivity contribution is 6.13. The van der Waals surface area contributed by atoms with E-state index < -0.39 is 30.0 Å². The molecule has 3 rings (SSSR count). The Kier molecular flexibility index (Phi) is 4.80. The molecule has 27 heavy (non-hydrogen) atoms. The number of ether oxygens (including phenoxy) is 1. The van der Waals surface area contributed by atoms with Crippen LogP contribution in [0, 0.1) is 0 Å². The van der Waals surface area contributed by atoms with Gasteiger partial charge in [0.1, 0.15) is 17.9 Å². The van der Waals surface area contributed by atoms with E-state index in [-0.39, 0.29) is 16.3 Å². The summed E-state index contributed by atoms with van der Waals surface area (Å²) in [5, 5.41) is 21.3. The molecule has 8 heteroatoms. The van der Waals surface area contributed by atoms with Crippen LogP contribution in [0.1, 0.15) is 10.4 Å². The van der Waals surface area contributed by atoms with Gasteiger partial charge in [0.25, 0.3) is 11.9 Å². The van der Waals surface area contributed by atoms with Crippen molar-refractivity contribution in [2.75, 3.05) is 13.7 Å². The van der Waals surface area contributed by atoms with E-state index in [0.717, 1.165) is 0 Å². The summed E-state index contributed by atoms with van der Waals surface area (Å²) in [6.45, 7) is -0.649. The molecule has 1 amide bonds. The number of amides is 1. The number of aromatic hydroxyl groups is 1. The first-order chi connectivity index (χ1) is 12.9. The lowest BCUT2D eigenvalue weighted by Gasteiger charge is -2.12. The summed E-state index contributed by atoms with van der Waals surface area (Å²) in [7, 11) is 1.53. The Morgan fingerprint density at radius 1 is 1.15 bits per heavy atom. The molecule has 1 heterocycles. The summed E-state index contributed by atoms with van der Waals surface area (Å²) < 4.78 is 9.87. The maximum atomic E-state index is 12.5. The molecule has 0 bridgehead atoms. The number of carbonyl (C=O) groups is 2. The minimum atomic E-state index is -1.25. The first kappa shape index (κ1) is 18.0. The van der Waals surface area contributed by atoms with E-state index >= 15 is 0 Å². The minimum Gasteiger partial charge on any atom is -0.497 e. The van der Waals surface area contributed by atoms with Crippen molar-refractivity contribution in [1.82, 2.24) is 5.32 Å². The highest BCUT2D eigenvalue weighted by atomic mass is 16.5. The Bertz CT molecular complexity index is 1080. The lowest BCUT2D eigenvalue weighted by molar-refractivity contribution is -0.135. The largest absolute Gasteiger partial charge is 0.497 e. The van der Waals surface area contributed by atoms with E-state index in [1.807, 2.05) is 0 Å². The van der Waals surface area contributed by atoms with Gasteiger partial charge in [0.15, 0.2) is 0 Å². The molecule has 3 N–H and O–H groups in total. The van der Waals surface area contributed by atoms with Crippen molar-refractivity contribution in [3.63, 3.8) is 0 Å². The molecule has 1 aromatic heterocycles. The number of methoxy groups -OCH3 is 1. The highest BCUT2D eigenvalue weighted by Gasteiger charge is 2.23. The SMILES string of the molecule is COc1ccc(-c2cccc3c(=O)oc(O)c(C(=O)NCC(=O)O)c23)cc1. The monoisotopic (exact) mass is 369 g/mol. The van der Waals surface area contributed by atoms with Crippen LogP contribution in [0.4, 0.5) is 0 Å². The van der Waals surface area contributed by atoms with E-state index in [9.17, 15) is 19.5 Å². The second-order valence-electron chi connectivity index (χ2n) is 5.60. The van der Waals surface area contributed by atoms with Crippen molar-refractivity contribution in [2.45, 2.75) is 0 Å². The van der Waals surface area contributed by atoms with Crippen molar-refractivity contribution < 1.29 is 29.0 Å². The molecule has 0 radical (unpaired) electrons. The number of carboxylic acid groups (broad SMARTS) is 1. The number of hydrogen-bond donors (Lipinski definition) is 3. The van der Waals surface area contributed by atoms with Crippen LogP contribution in [0.15, 0.2) is 51.7 Å². The summed E-state index contributed by atoms with van der Waals surface area (Å²) in [5.41, 5.74) is 0.0439. The fraction of sp³-hybridized carbons (Fsp3) is 0.105. The van der Waals surface area contributed by atoms with Crippen LogP contribution in [0.5, 0.6) is 11.7 Å². The third-order valence-corrected chi connectivity index (χ3v) is 3.97. The van der Waals surface area contributed by atoms with Crippen LogP contribution in [-0.2, 0) is 4.79 Å². The van der Waals surface area contributed by atoms with Crippen molar-refractivity contribution in [3.8, 4) is 22.8 Å². The van der Waals surface area contributed by atoms with Gasteiger partial charge in [0.05, 0.1) is 12.5 Å². The van der Waals surface area contributed by atoms with Gasteiger partial charge in [-0.1, -0.05) is 24.3 Å². The Morgan fingerprint density at radius 2 is 1.85 bits per heavy atom. The molecule has 0 aliphatic carbocycles. The maximum Gasteiger partial charge on any atom is 0.346 e. The van der Waals surface area contributed by atoms with Gasteiger partial charge in [0.2, 0.25) is 0 Å². The van der Waals surface area contributed by atoms with Crippen molar-refractivity contribution in [1.29, 1.82) is 0 Å². The van der Waals surface area contributed by atoms with E-state index in [1.165, 1.54) is 13.2 Å². The third-order valence-electron chi connectivity index (χ3n) is 3.97. The molecular formula is C19H15NO7. The van der Waals surface area contributed by atoms with Gasteiger partial charge in [-0.2, -0.15) is 0 Å². The van der Waals surface area contributed by atoms with E-state index in [4.69, 9.17) is 14.3 Å². The second-order valence-corrected chi connectivity index (χ2v) is 5.60. The molecule has 0 saturated carbocycles. The molecule has 0 spiro atoms. The lowest BCUT2D eigenvalue weighted by atomic mass is 9.96. The number of nitrogens with one attached hydrogen (secondary N) is 1. The summed E-state index contributed by atoms with van der Waals surface area (Å²) in [4.78, 5) is 35.3. The van der Waals surface area contributed by atoms with Gasteiger partial charge in [-0.15, -0.1) is 0 Å². The van der Waals surface area contributed by atoms with Crippen molar-refractivity contribution in [3.05, 3.63) is 58.4 Å². The van der Waals surface area contributed by atoms with Crippen LogP contribution < -0.4 is 15.7 Å². The summed E-state index contributed by atoms with van der Waals surface area (Å²) >= 11 is 0. The highest BCUT2D eigenvalue weighted by Crippen LogP contribution is 2.34. The number of fused-ring (bicyclic) bond motifs is 1. The van der Waals surface area contributed by atoms with Gasteiger partial charge in [0, 0.05) is 5.39 Å². The average Bonchev–Trinajstić information content (AvgIpc) is 2.66. The Hall–Kier alpha value is -3.81. The van der Waals surface area contributed by atoms with E-state index in [2.05, 4.69) is 5.32 Å². The average molecular weight is 369 g/mol. The molecule has 2 aromatic carbocycles. The third kappa shape index (κ3) is 3.45. The van der Waals surface area contributed by atoms with Crippen LogP contribution in [0.2, 0.25) is 0 Å². The molecule has 0 unspecified atom stereocenters. The van der Waals surface area contributed by atoms with Crippen molar-refractivity contribution in [2.24, 2.45) is 0 Å². The second kappa shape index (κ2) is 7.20. The number of carboxylic acids is 1. The zero-order chi connectivity index (χ0) is 19.6. The quantitative estimate of drug-likeness (QED) is 0.628. The number of benzene rings is 2. The molecule has 0 aliphatic heterocycles. The number of hydrogen-bond acceptors (Lipinski definition) is 6. The number of carbonyl (C=O) groups excluding carboxylic acids is 1. The summed E-state index contributed by atoms with van der Waals surface area (Å²) in [6.07, 6.45) is 0. The van der Waals surface area contributed by atoms with Gasteiger partial charge in [-0.3, -0.25) is 9.59 Å². The number of aliphatic carboxylic acids is 1. The molecule has 0 atom stereocenters. The Labute approximate surface area is 152 Å². The number of rotatable bonds is 5. The fourth-order valence-electron chi connectivity index (χ4n) is 2.76. The van der Waals surface area contributed by atoms with Gasteiger partial charge < -0.3 is 24.7 Å². The fourth-order valence-corrected chi connectivity index (χ4v) is 2.76. The van der Waals surface area contributed by atoms with Crippen LogP contribution in [0.3, 0.4) is 0 Å². The zero-order valence-corrected chi connectivity index (χ0v) is 14.2. The topological polar surface area (TPSA) is 126 Å². The van der Waals surface area contributed by atoms with Gasteiger partial charge in [-0.05, 0) is 29.3 Å². The first-order valence-corrected chi connectivity index (χ1v) is 7.85. The molecule has 0 fully saturated rings. The molecule has 0 saturated heterocycles. The smallest absolute Gasteiger partial charge is 0.346 e. The van der Waals surface area contributed by atoms with E-state index in [0.29, 0.717) is 16.9 Å². The van der Waals surface area contributed by atoms with Gasteiger partial charge >= 0.3 is 11.6 Å². The van der Waals surface area contributed by atoms with Crippen LogP contribution in [0.25, 0.3) is 21.9 Å². The maximum absolute atomic E-state index is 12.5. The molecule has 8 nitrogen and oxygen atoms in total. The molecule has 3 aromatic rings. The van der Waals surface area contributed by atoms with Crippen LogP contribution >= 0.6 is 0 Å². The minimum absolute atomic E-state index is 0.0848. The Morgan fingerprint density at radius 3 is 2.48 bits per heavy atom. The Balaban J connectivity index is 2.27.